The van der Waals surface area contributed by atoms with E-state index in [-0.39, 0.29) is 18.3 Å². The predicted molar refractivity (Wildman–Crippen MR) is 92.4 cm³/mol. The smallest absolute Gasteiger partial charge is 0.220 e. The Balaban J connectivity index is 0.00000242. The lowest BCUT2D eigenvalue weighted by Gasteiger charge is -2.34. The van der Waals surface area contributed by atoms with Crippen LogP contribution in [0.2, 0.25) is 0 Å². The van der Waals surface area contributed by atoms with Crippen LogP contribution < -0.4 is 10.6 Å². The molecule has 0 aromatic rings. The maximum Gasteiger partial charge on any atom is 0.220 e. The van der Waals surface area contributed by atoms with E-state index in [1.165, 1.54) is 19.3 Å². The molecule has 2 fully saturated rings. The Morgan fingerprint density at radius 1 is 1.27 bits per heavy atom. The van der Waals surface area contributed by atoms with E-state index in [9.17, 15) is 4.79 Å². The topological polar surface area (TPSA) is 50.4 Å². The summed E-state index contributed by atoms with van der Waals surface area (Å²) in [4.78, 5) is 12.0. The monoisotopic (exact) mass is 332 g/mol. The van der Waals surface area contributed by atoms with Crippen molar-refractivity contribution < 1.29 is 9.53 Å². The second kappa shape index (κ2) is 10.5. The van der Waals surface area contributed by atoms with Gasteiger partial charge in [-0.3, -0.25) is 4.79 Å². The highest BCUT2D eigenvalue weighted by Gasteiger charge is 2.28. The first-order valence-corrected chi connectivity index (χ1v) is 8.76. The first-order valence-electron chi connectivity index (χ1n) is 8.76. The summed E-state index contributed by atoms with van der Waals surface area (Å²) in [7, 11) is 0. The lowest BCUT2D eigenvalue weighted by Crippen LogP contribution is -2.41. The van der Waals surface area contributed by atoms with Crippen molar-refractivity contribution in [1.82, 2.24) is 10.6 Å². The van der Waals surface area contributed by atoms with Crippen LogP contribution in [0, 0.1) is 17.8 Å². The van der Waals surface area contributed by atoms with E-state index in [2.05, 4.69) is 24.5 Å². The normalized spacial score (nSPS) is 26.5. The van der Waals surface area contributed by atoms with Crippen molar-refractivity contribution >= 4 is 18.3 Å². The summed E-state index contributed by atoms with van der Waals surface area (Å²) >= 11 is 0. The van der Waals surface area contributed by atoms with Crippen molar-refractivity contribution in [2.24, 2.45) is 17.8 Å². The molecular weight excluding hydrogens is 300 g/mol. The van der Waals surface area contributed by atoms with Gasteiger partial charge in [0.25, 0.3) is 0 Å². The van der Waals surface area contributed by atoms with E-state index in [0.717, 1.165) is 45.0 Å². The number of piperidine rings is 1. The Morgan fingerprint density at radius 2 is 2.00 bits per heavy atom. The molecule has 0 saturated carbocycles. The van der Waals surface area contributed by atoms with Gasteiger partial charge in [-0.1, -0.05) is 13.8 Å². The highest BCUT2D eigenvalue weighted by Crippen LogP contribution is 2.25. The summed E-state index contributed by atoms with van der Waals surface area (Å²) < 4.78 is 5.88. The summed E-state index contributed by atoms with van der Waals surface area (Å²) in [5, 5.41) is 6.51. The quantitative estimate of drug-likeness (QED) is 0.786. The Labute approximate surface area is 141 Å². The van der Waals surface area contributed by atoms with E-state index in [0.29, 0.717) is 24.4 Å². The van der Waals surface area contributed by atoms with Crippen molar-refractivity contribution in [3.63, 3.8) is 0 Å². The highest BCUT2D eigenvalue weighted by molar-refractivity contribution is 5.85. The molecule has 2 heterocycles. The molecule has 1 amide bonds. The summed E-state index contributed by atoms with van der Waals surface area (Å²) in [6, 6.07) is 0. The van der Waals surface area contributed by atoms with Crippen molar-refractivity contribution in [3.05, 3.63) is 0 Å². The molecule has 5 heteroatoms. The molecule has 0 aromatic heterocycles. The molecule has 0 aromatic carbocycles. The Kier molecular flexibility index (Phi) is 9.37. The minimum Gasteiger partial charge on any atom is -0.378 e. The van der Waals surface area contributed by atoms with Gasteiger partial charge in [0.1, 0.15) is 0 Å². The zero-order valence-electron chi connectivity index (χ0n) is 14.1. The van der Waals surface area contributed by atoms with Gasteiger partial charge in [-0.2, -0.15) is 0 Å². The third-order valence-electron chi connectivity index (χ3n) is 4.95. The van der Waals surface area contributed by atoms with Crippen molar-refractivity contribution in [2.45, 2.75) is 58.5 Å². The number of hydrogen-bond donors (Lipinski definition) is 2. The van der Waals surface area contributed by atoms with Crippen LogP contribution in [-0.4, -0.2) is 38.3 Å². The molecule has 130 valence electrons. The molecule has 2 atom stereocenters. The van der Waals surface area contributed by atoms with Crippen LogP contribution in [0.25, 0.3) is 0 Å². The molecule has 22 heavy (non-hydrogen) atoms. The van der Waals surface area contributed by atoms with Crippen molar-refractivity contribution in [1.29, 1.82) is 0 Å². The molecule has 2 unspecified atom stereocenters. The lowest BCUT2D eigenvalue weighted by molar-refractivity contribution is -0.122. The van der Waals surface area contributed by atoms with Gasteiger partial charge in [0.05, 0.1) is 6.10 Å². The van der Waals surface area contributed by atoms with E-state index in [4.69, 9.17) is 4.74 Å². The second-order valence-electron chi connectivity index (χ2n) is 7.02. The molecular formula is C17H33ClN2O2. The van der Waals surface area contributed by atoms with Gasteiger partial charge in [0.15, 0.2) is 0 Å². The third-order valence-corrected chi connectivity index (χ3v) is 4.95. The highest BCUT2D eigenvalue weighted by atomic mass is 35.5. The van der Waals surface area contributed by atoms with Gasteiger partial charge >= 0.3 is 0 Å². The summed E-state index contributed by atoms with van der Waals surface area (Å²) in [6.45, 7) is 8.31. The fourth-order valence-electron chi connectivity index (χ4n) is 3.66. The van der Waals surface area contributed by atoms with E-state index in [1.807, 2.05) is 0 Å². The number of nitrogens with one attached hydrogen (secondary N) is 2. The van der Waals surface area contributed by atoms with Crippen LogP contribution in [0.15, 0.2) is 0 Å². The number of rotatable bonds is 6. The molecule has 0 aliphatic carbocycles. The zero-order valence-corrected chi connectivity index (χ0v) is 14.9. The fourth-order valence-corrected chi connectivity index (χ4v) is 3.66. The van der Waals surface area contributed by atoms with Crippen molar-refractivity contribution in [3.8, 4) is 0 Å². The van der Waals surface area contributed by atoms with E-state index in [1.54, 1.807) is 0 Å². The van der Waals surface area contributed by atoms with Gasteiger partial charge in [-0.05, 0) is 57.0 Å². The number of amides is 1. The van der Waals surface area contributed by atoms with E-state index < -0.39 is 0 Å². The molecule has 0 radical (unpaired) electrons. The molecule has 2 rings (SSSR count). The lowest BCUT2D eigenvalue weighted by atomic mass is 9.87. The maximum atomic E-state index is 12.0. The molecule has 2 aliphatic rings. The first-order chi connectivity index (χ1) is 10.2. The molecule has 0 spiro atoms. The molecule has 2 aliphatic heterocycles. The van der Waals surface area contributed by atoms with Gasteiger partial charge in [0.2, 0.25) is 5.91 Å². The van der Waals surface area contributed by atoms with Crippen LogP contribution in [-0.2, 0) is 9.53 Å². The zero-order chi connectivity index (χ0) is 15.1. The van der Waals surface area contributed by atoms with Crippen LogP contribution in [0.1, 0.15) is 52.4 Å². The van der Waals surface area contributed by atoms with Crippen LogP contribution in [0.3, 0.4) is 0 Å². The molecule has 0 bridgehead atoms. The average molecular weight is 333 g/mol. The Bertz CT molecular complexity index is 320. The van der Waals surface area contributed by atoms with Gasteiger partial charge in [-0.25, -0.2) is 0 Å². The van der Waals surface area contributed by atoms with Gasteiger partial charge in [-0.15, -0.1) is 12.4 Å². The number of ether oxygens (including phenoxy) is 1. The predicted octanol–water partition coefficient (Wildman–Crippen LogP) is 2.76. The third kappa shape index (κ3) is 6.43. The summed E-state index contributed by atoms with van der Waals surface area (Å²) in [5.41, 5.74) is 0. The first kappa shape index (κ1) is 19.7. The SMILES string of the molecule is CC(C)C1OCCCC1CNC(=O)CCC1CCNCC1.Cl. The van der Waals surface area contributed by atoms with Gasteiger partial charge < -0.3 is 15.4 Å². The standard InChI is InChI=1S/C17H32N2O2.ClH/c1-13(2)17-15(4-3-11-21-17)12-19-16(20)6-5-14-7-9-18-10-8-14;/h13-15,17-18H,3-12H2,1-2H3,(H,19,20);1H. The van der Waals surface area contributed by atoms with Crippen LogP contribution >= 0.6 is 12.4 Å². The van der Waals surface area contributed by atoms with E-state index >= 15 is 0 Å². The molecule has 4 nitrogen and oxygen atoms in total. The van der Waals surface area contributed by atoms with Crippen molar-refractivity contribution in [2.75, 3.05) is 26.2 Å². The van der Waals surface area contributed by atoms with Crippen LogP contribution in [0.4, 0.5) is 0 Å². The van der Waals surface area contributed by atoms with Crippen LogP contribution in [0.5, 0.6) is 0 Å². The fraction of sp³-hybridized carbons (Fsp3) is 0.941. The van der Waals surface area contributed by atoms with Gasteiger partial charge in [0, 0.05) is 25.5 Å². The number of carbonyl (C=O) groups excluding carboxylic acids is 1. The summed E-state index contributed by atoms with van der Waals surface area (Å²) in [6.07, 6.45) is 6.78. The number of carbonyl (C=O) groups is 1. The number of hydrogen-bond acceptors (Lipinski definition) is 3. The largest absolute Gasteiger partial charge is 0.378 e. The number of halogens is 1. The maximum absolute atomic E-state index is 12.0. The molecule has 2 saturated heterocycles. The molecule has 2 N–H and O–H groups in total. The minimum atomic E-state index is 0. The Hall–Kier alpha value is -0.320. The average Bonchev–Trinajstić information content (AvgIpc) is 2.52. The summed E-state index contributed by atoms with van der Waals surface area (Å²) in [5.74, 6) is 1.98. The minimum absolute atomic E-state index is 0. The Morgan fingerprint density at radius 3 is 2.68 bits per heavy atom. The second-order valence-corrected chi connectivity index (χ2v) is 7.02.